The van der Waals surface area contributed by atoms with Crippen LogP contribution in [0.1, 0.15) is 28.3 Å². The van der Waals surface area contributed by atoms with Crippen molar-refractivity contribution in [3.05, 3.63) is 69.6 Å². The van der Waals surface area contributed by atoms with Crippen molar-refractivity contribution in [2.24, 2.45) is 5.18 Å². The van der Waals surface area contributed by atoms with Gasteiger partial charge in [0.15, 0.2) is 6.04 Å². The van der Waals surface area contributed by atoms with Crippen LogP contribution in [0.15, 0.2) is 47.6 Å². The zero-order chi connectivity index (χ0) is 15.1. The molecule has 0 saturated carbocycles. The summed E-state index contributed by atoms with van der Waals surface area (Å²) in [7, 11) is 0. The topological polar surface area (TPSA) is 61.8 Å². The molecule has 0 saturated heterocycles. The van der Waals surface area contributed by atoms with Crippen LogP contribution in [-0.4, -0.2) is 10.8 Å². The van der Waals surface area contributed by atoms with Crippen molar-refractivity contribution in [3.63, 3.8) is 0 Å². The Balaban J connectivity index is 1.62. The van der Waals surface area contributed by atoms with E-state index in [1.165, 1.54) is 11.1 Å². The van der Waals surface area contributed by atoms with Gasteiger partial charge in [0.2, 0.25) is 0 Å². The number of benzene rings is 2. The molecule has 5 nitrogen and oxygen atoms in total. The van der Waals surface area contributed by atoms with E-state index < -0.39 is 6.04 Å². The van der Waals surface area contributed by atoms with Gasteiger partial charge in [-0.2, -0.15) is 0 Å². The molecular formula is C17H15N3O2. The first-order valence-electron chi connectivity index (χ1n) is 7.30. The lowest BCUT2D eigenvalue weighted by Gasteiger charge is -2.14. The predicted octanol–water partition coefficient (Wildman–Crippen LogP) is 2.96. The van der Waals surface area contributed by atoms with Gasteiger partial charge in [-0.3, -0.25) is 9.69 Å². The zero-order valence-corrected chi connectivity index (χ0v) is 12.0. The molecule has 2 aromatic carbocycles. The second kappa shape index (κ2) is 5.03. The number of carbonyl (C=O) groups is 1. The molecule has 4 rings (SSSR count). The maximum Gasteiger partial charge on any atom is 0.257 e. The number of nitrogens with one attached hydrogen (secondary N) is 1. The SMILES string of the molecule is O=NC1C(=O)Nc2c1ccc1c2CN(Cc2ccccc2)C1. The van der Waals surface area contributed by atoms with Crippen molar-refractivity contribution >= 4 is 11.6 Å². The van der Waals surface area contributed by atoms with Gasteiger partial charge in [0.05, 0.1) is 5.69 Å². The van der Waals surface area contributed by atoms with Gasteiger partial charge in [0, 0.05) is 25.2 Å². The quantitative estimate of drug-likeness (QED) is 0.885. The van der Waals surface area contributed by atoms with Gasteiger partial charge in [-0.1, -0.05) is 47.6 Å². The largest absolute Gasteiger partial charge is 0.323 e. The highest BCUT2D eigenvalue weighted by molar-refractivity contribution is 6.03. The third kappa shape index (κ3) is 2.02. The van der Waals surface area contributed by atoms with E-state index in [9.17, 15) is 9.70 Å². The van der Waals surface area contributed by atoms with Crippen molar-refractivity contribution in [1.29, 1.82) is 0 Å². The van der Waals surface area contributed by atoms with Gasteiger partial charge in [-0.15, -0.1) is 4.91 Å². The molecule has 2 heterocycles. The molecule has 1 unspecified atom stereocenters. The van der Waals surface area contributed by atoms with Crippen molar-refractivity contribution < 1.29 is 4.79 Å². The summed E-state index contributed by atoms with van der Waals surface area (Å²) in [5.74, 6) is -0.320. The van der Waals surface area contributed by atoms with Crippen molar-refractivity contribution in [2.75, 3.05) is 5.32 Å². The van der Waals surface area contributed by atoms with Crippen molar-refractivity contribution in [1.82, 2.24) is 4.90 Å². The Hall–Kier alpha value is -2.53. The number of nitroso groups, excluding NO2 is 1. The number of hydrogen-bond donors (Lipinski definition) is 1. The van der Waals surface area contributed by atoms with E-state index in [0.29, 0.717) is 5.56 Å². The van der Waals surface area contributed by atoms with Crippen LogP contribution in [-0.2, 0) is 24.4 Å². The van der Waals surface area contributed by atoms with E-state index in [1.807, 2.05) is 30.3 Å². The molecule has 2 aliphatic heterocycles. The van der Waals surface area contributed by atoms with E-state index in [-0.39, 0.29) is 5.91 Å². The Morgan fingerprint density at radius 3 is 2.73 bits per heavy atom. The average molecular weight is 293 g/mol. The van der Waals surface area contributed by atoms with Gasteiger partial charge in [0.25, 0.3) is 5.91 Å². The molecule has 2 aliphatic rings. The Morgan fingerprint density at radius 2 is 1.95 bits per heavy atom. The molecule has 0 aliphatic carbocycles. The Morgan fingerprint density at radius 1 is 1.14 bits per heavy atom. The van der Waals surface area contributed by atoms with E-state index in [2.05, 4.69) is 27.5 Å². The van der Waals surface area contributed by atoms with Crippen LogP contribution in [0.4, 0.5) is 5.69 Å². The molecule has 0 bridgehead atoms. The van der Waals surface area contributed by atoms with Crippen molar-refractivity contribution in [3.8, 4) is 0 Å². The third-order valence-electron chi connectivity index (χ3n) is 4.36. The van der Waals surface area contributed by atoms with E-state index in [1.54, 1.807) is 0 Å². The molecule has 0 aromatic heterocycles. The molecule has 1 N–H and O–H groups in total. The Bertz CT molecular complexity index is 758. The number of fused-ring (bicyclic) bond motifs is 3. The highest BCUT2D eigenvalue weighted by Crippen LogP contribution is 2.40. The number of nitrogens with zero attached hydrogens (tertiary/aromatic N) is 2. The van der Waals surface area contributed by atoms with Crippen LogP contribution in [0.3, 0.4) is 0 Å². The van der Waals surface area contributed by atoms with Gasteiger partial charge in [-0.05, 0) is 16.7 Å². The lowest BCUT2D eigenvalue weighted by molar-refractivity contribution is -0.116. The summed E-state index contributed by atoms with van der Waals surface area (Å²) in [6, 6.07) is 13.3. The first kappa shape index (κ1) is 13.2. The predicted molar refractivity (Wildman–Crippen MR) is 83.0 cm³/mol. The molecule has 0 fully saturated rings. The van der Waals surface area contributed by atoms with E-state index >= 15 is 0 Å². The fraction of sp³-hybridized carbons (Fsp3) is 0.235. The lowest BCUT2D eigenvalue weighted by Crippen LogP contribution is -2.15. The summed E-state index contributed by atoms with van der Waals surface area (Å²) in [5, 5.41) is 5.77. The molecule has 1 atom stereocenters. The van der Waals surface area contributed by atoms with E-state index in [0.717, 1.165) is 30.9 Å². The summed E-state index contributed by atoms with van der Waals surface area (Å²) in [6.45, 7) is 2.50. The lowest BCUT2D eigenvalue weighted by atomic mass is 10.0. The number of amides is 1. The summed E-state index contributed by atoms with van der Waals surface area (Å²) in [4.78, 5) is 25.0. The fourth-order valence-corrected chi connectivity index (χ4v) is 3.32. The van der Waals surface area contributed by atoms with Gasteiger partial charge in [0.1, 0.15) is 0 Å². The summed E-state index contributed by atoms with van der Waals surface area (Å²) < 4.78 is 0. The molecule has 5 heteroatoms. The minimum Gasteiger partial charge on any atom is -0.323 e. The van der Waals surface area contributed by atoms with Crippen LogP contribution in [0.25, 0.3) is 0 Å². The van der Waals surface area contributed by atoms with Gasteiger partial charge < -0.3 is 5.32 Å². The minimum absolute atomic E-state index is 0.320. The zero-order valence-electron chi connectivity index (χ0n) is 12.0. The molecule has 1 amide bonds. The second-order valence-corrected chi connectivity index (χ2v) is 5.80. The Kier molecular flexibility index (Phi) is 3.01. The van der Waals surface area contributed by atoms with Crippen LogP contribution >= 0.6 is 0 Å². The van der Waals surface area contributed by atoms with Crippen LogP contribution < -0.4 is 5.32 Å². The maximum absolute atomic E-state index is 11.8. The molecule has 110 valence electrons. The van der Waals surface area contributed by atoms with Crippen LogP contribution in [0, 0.1) is 4.91 Å². The molecule has 22 heavy (non-hydrogen) atoms. The van der Waals surface area contributed by atoms with Gasteiger partial charge in [-0.25, -0.2) is 0 Å². The number of carbonyl (C=O) groups excluding carboxylic acids is 1. The molecule has 0 spiro atoms. The maximum atomic E-state index is 11.8. The van der Waals surface area contributed by atoms with E-state index in [4.69, 9.17) is 0 Å². The standard InChI is InChI=1S/C17H15N3O2/c21-17-16(19-22)13-7-6-12-9-20(10-14(12)15(13)18-17)8-11-4-2-1-3-5-11/h1-7,16H,8-10H2,(H,18,21). The molecule has 2 aromatic rings. The summed E-state index contributed by atoms with van der Waals surface area (Å²) in [6.07, 6.45) is 0. The smallest absolute Gasteiger partial charge is 0.257 e. The number of hydrogen-bond acceptors (Lipinski definition) is 4. The number of anilines is 1. The normalized spacial score (nSPS) is 19.6. The average Bonchev–Trinajstić information content (AvgIpc) is 3.07. The fourth-order valence-electron chi connectivity index (χ4n) is 3.32. The monoisotopic (exact) mass is 293 g/mol. The molecular weight excluding hydrogens is 278 g/mol. The highest BCUT2D eigenvalue weighted by Gasteiger charge is 2.36. The highest BCUT2D eigenvalue weighted by atomic mass is 16.3. The summed E-state index contributed by atoms with van der Waals surface area (Å²) in [5.41, 5.74) is 5.10. The van der Waals surface area contributed by atoms with Gasteiger partial charge >= 0.3 is 0 Å². The third-order valence-corrected chi connectivity index (χ3v) is 4.36. The Labute approximate surface area is 127 Å². The number of rotatable bonds is 3. The van der Waals surface area contributed by atoms with Crippen LogP contribution in [0.5, 0.6) is 0 Å². The summed E-state index contributed by atoms with van der Waals surface area (Å²) >= 11 is 0. The first-order chi connectivity index (χ1) is 10.8. The first-order valence-corrected chi connectivity index (χ1v) is 7.30. The minimum atomic E-state index is -0.900. The van der Waals surface area contributed by atoms with Crippen molar-refractivity contribution in [2.45, 2.75) is 25.7 Å². The molecule has 0 radical (unpaired) electrons. The van der Waals surface area contributed by atoms with Crippen LogP contribution in [0.2, 0.25) is 0 Å². The second-order valence-electron chi connectivity index (χ2n) is 5.80.